The second kappa shape index (κ2) is 13.7. The van der Waals surface area contributed by atoms with E-state index in [1.165, 1.54) is 0 Å². The van der Waals surface area contributed by atoms with Gasteiger partial charge in [0.1, 0.15) is 11.1 Å². The number of carbonyl (C=O) groups is 2. The topological polar surface area (TPSA) is 97.3 Å². The van der Waals surface area contributed by atoms with Crippen molar-refractivity contribution in [1.29, 1.82) is 0 Å². The first kappa shape index (κ1) is 27.3. The molecular formula is C26H38O8. The lowest BCUT2D eigenvalue weighted by Crippen LogP contribution is -2.09. The van der Waals surface area contributed by atoms with E-state index in [4.69, 9.17) is 27.8 Å². The van der Waals surface area contributed by atoms with Gasteiger partial charge in [-0.2, -0.15) is 0 Å². The second-order valence-electron chi connectivity index (χ2n) is 7.66. The molecule has 0 aliphatic rings. The van der Waals surface area contributed by atoms with Crippen molar-refractivity contribution in [3.63, 3.8) is 0 Å². The van der Waals surface area contributed by atoms with E-state index in [0.29, 0.717) is 48.7 Å². The maximum absolute atomic E-state index is 12.9. The summed E-state index contributed by atoms with van der Waals surface area (Å²) in [6, 6.07) is 0. The van der Waals surface area contributed by atoms with Crippen LogP contribution in [0.2, 0.25) is 0 Å². The fourth-order valence-corrected chi connectivity index (χ4v) is 3.72. The Kier molecular flexibility index (Phi) is 11.0. The van der Waals surface area contributed by atoms with Gasteiger partial charge in [-0.1, -0.05) is 26.7 Å². The van der Waals surface area contributed by atoms with Crippen LogP contribution in [0.25, 0.3) is 11.5 Å². The average Bonchev–Trinajstić information content (AvgIpc) is 3.34. The number of unbranched alkanes of at least 4 members (excludes halogenated alkanes) is 2. The summed E-state index contributed by atoms with van der Waals surface area (Å²) in [4.78, 5) is 25.8. The molecule has 2 aromatic rings. The van der Waals surface area contributed by atoms with Gasteiger partial charge < -0.3 is 27.8 Å². The molecule has 2 heterocycles. The zero-order valence-corrected chi connectivity index (χ0v) is 21.3. The molecule has 0 fully saturated rings. The third-order valence-corrected chi connectivity index (χ3v) is 5.23. The van der Waals surface area contributed by atoms with Gasteiger partial charge in [0, 0.05) is 11.1 Å². The molecule has 0 spiro atoms. The minimum Gasteiger partial charge on any atom is -0.465 e. The summed E-state index contributed by atoms with van der Waals surface area (Å²) in [5.41, 5.74) is 1.82. The molecule has 0 amide bonds. The van der Waals surface area contributed by atoms with Gasteiger partial charge in [-0.05, 0) is 53.4 Å². The number of carbonyl (C=O) groups excluding carboxylic acids is 2. The van der Waals surface area contributed by atoms with E-state index in [1.54, 1.807) is 13.8 Å². The molecule has 34 heavy (non-hydrogen) atoms. The highest BCUT2D eigenvalue weighted by Gasteiger charge is 2.35. The summed E-state index contributed by atoms with van der Waals surface area (Å²) in [5, 5.41) is 0. The summed E-state index contributed by atoms with van der Waals surface area (Å²) in [7, 11) is 0. The molecule has 0 unspecified atom stereocenters. The van der Waals surface area contributed by atoms with Crippen molar-refractivity contribution in [3.8, 4) is 23.4 Å². The predicted octanol–water partition coefficient (Wildman–Crippen LogP) is 6.38. The van der Waals surface area contributed by atoms with Crippen LogP contribution in [0.4, 0.5) is 0 Å². The summed E-state index contributed by atoms with van der Waals surface area (Å²) in [6.45, 7) is 12.3. The van der Waals surface area contributed by atoms with Crippen molar-refractivity contribution in [1.82, 2.24) is 0 Å². The normalized spacial score (nSPS) is 10.9. The smallest absolute Gasteiger partial charge is 0.345 e. The van der Waals surface area contributed by atoms with Crippen LogP contribution in [0.15, 0.2) is 8.83 Å². The van der Waals surface area contributed by atoms with E-state index in [0.717, 1.165) is 25.7 Å². The number of hydrogen-bond acceptors (Lipinski definition) is 8. The average molecular weight is 479 g/mol. The number of rotatable bonds is 15. The monoisotopic (exact) mass is 478 g/mol. The van der Waals surface area contributed by atoms with Crippen LogP contribution in [0, 0.1) is 0 Å². The van der Waals surface area contributed by atoms with Gasteiger partial charge in [0.25, 0.3) is 11.9 Å². The van der Waals surface area contributed by atoms with Crippen molar-refractivity contribution >= 4 is 11.9 Å². The molecule has 190 valence electrons. The predicted molar refractivity (Wildman–Crippen MR) is 128 cm³/mol. The SMILES string of the molecule is CCCCc1c(-c2oc(OCC)c(C(=O)OCC)c2CCCC)oc(OCC)c1C(=O)OCC. The Hall–Kier alpha value is -2.90. The Morgan fingerprint density at radius 3 is 1.29 bits per heavy atom. The summed E-state index contributed by atoms with van der Waals surface area (Å²) < 4.78 is 34.2. The Morgan fingerprint density at radius 2 is 1.00 bits per heavy atom. The van der Waals surface area contributed by atoms with Crippen molar-refractivity contribution in [2.24, 2.45) is 0 Å². The third kappa shape index (κ3) is 6.15. The molecule has 8 nitrogen and oxygen atoms in total. The molecule has 0 aromatic carbocycles. The first-order valence-corrected chi connectivity index (χ1v) is 12.4. The van der Waals surface area contributed by atoms with Crippen molar-refractivity contribution < 1.29 is 37.4 Å². The van der Waals surface area contributed by atoms with Gasteiger partial charge in [-0.15, -0.1) is 0 Å². The fourth-order valence-electron chi connectivity index (χ4n) is 3.72. The maximum atomic E-state index is 12.9. The molecule has 0 N–H and O–H groups in total. The van der Waals surface area contributed by atoms with E-state index in [-0.39, 0.29) is 36.2 Å². The summed E-state index contributed by atoms with van der Waals surface area (Å²) in [5.74, 6) is -0.107. The van der Waals surface area contributed by atoms with E-state index < -0.39 is 11.9 Å². The van der Waals surface area contributed by atoms with Crippen molar-refractivity contribution in [2.75, 3.05) is 26.4 Å². The number of esters is 2. The summed E-state index contributed by atoms with van der Waals surface area (Å²) in [6.07, 6.45) is 4.58. The minimum atomic E-state index is -0.510. The first-order chi connectivity index (χ1) is 16.5. The molecular weight excluding hydrogens is 440 g/mol. The largest absolute Gasteiger partial charge is 0.465 e. The van der Waals surface area contributed by atoms with Gasteiger partial charge in [0.15, 0.2) is 11.5 Å². The van der Waals surface area contributed by atoms with Crippen LogP contribution >= 0.6 is 0 Å². The second-order valence-corrected chi connectivity index (χ2v) is 7.66. The van der Waals surface area contributed by atoms with Gasteiger partial charge in [0.05, 0.1) is 26.4 Å². The van der Waals surface area contributed by atoms with E-state index >= 15 is 0 Å². The molecule has 0 saturated carbocycles. The highest BCUT2D eigenvalue weighted by atomic mass is 16.6. The zero-order valence-electron chi connectivity index (χ0n) is 21.3. The molecule has 2 aromatic heterocycles. The first-order valence-electron chi connectivity index (χ1n) is 12.4. The van der Waals surface area contributed by atoms with E-state index in [9.17, 15) is 9.59 Å². The highest BCUT2D eigenvalue weighted by Crippen LogP contribution is 2.44. The standard InChI is InChI=1S/C26H38O8/c1-7-13-15-17-19(23(27)29-9-3)25(31-11-5)33-21(17)22-18(16-14-8-2)20(24(28)30-10-4)26(34-22)32-12-6/h7-16H2,1-6H3. The summed E-state index contributed by atoms with van der Waals surface area (Å²) >= 11 is 0. The maximum Gasteiger partial charge on any atom is 0.345 e. The van der Waals surface area contributed by atoms with Crippen LogP contribution in [0.1, 0.15) is 99.1 Å². The highest BCUT2D eigenvalue weighted by molar-refractivity contribution is 5.98. The van der Waals surface area contributed by atoms with Gasteiger partial charge >= 0.3 is 11.9 Å². The fraction of sp³-hybridized carbons (Fsp3) is 0.615. The lowest BCUT2D eigenvalue weighted by atomic mass is 9.98. The Bertz CT molecular complexity index is 861. The molecule has 0 bridgehead atoms. The minimum absolute atomic E-state index is 0.0931. The number of furan rings is 2. The quantitative estimate of drug-likeness (QED) is 0.272. The van der Waals surface area contributed by atoms with Gasteiger partial charge in [0.2, 0.25) is 0 Å². The Morgan fingerprint density at radius 1 is 0.618 bits per heavy atom. The number of hydrogen-bond donors (Lipinski definition) is 0. The van der Waals surface area contributed by atoms with Crippen LogP contribution < -0.4 is 9.47 Å². The van der Waals surface area contributed by atoms with Gasteiger partial charge in [-0.25, -0.2) is 9.59 Å². The van der Waals surface area contributed by atoms with Crippen LogP contribution in [-0.4, -0.2) is 38.4 Å². The van der Waals surface area contributed by atoms with Crippen molar-refractivity contribution in [2.45, 2.75) is 80.1 Å². The van der Waals surface area contributed by atoms with E-state index in [1.807, 2.05) is 13.8 Å². The number of ether oxygens (including phenoxy) is 4. The van der Waals surface area contributed by atoms with Crippen molar-refractivity contribution in [3.05, 3.63) is 22.3 Å². The lowest BCUT2D eigenvalue weighted by Gasteiger charge is -2.07. The Labute approximate surface area is 201 Å². The molecule has 0 saturated heterocycles. The molecule has 0 aliphatic heterocycles. The molecule has 0 atom stereocenters. The van der Waals surface area contributed by atoms with E-state index in [2.05, 4.69) is 13.8 Å². The zero-order chi connectivity index (χ0) is 25.1. The molecule has 8 heteroatoms. The lowest BCUT2D eigenvalue weighted by molar-refractivity contribution is 0.0507. The molecule has 0 radical (unpaired) electrons. The van der Waals surface area contributed by atoms with Crippen LogP contribution in [-0.2, 0) is 22.3 Å². The third-order valence-electron chi connectivity index (χ3n) is 5.23. The van der Waals surface area contributed by atoms with Crippen LogP contribution in [0.3, 0.4) is 0 Å². The van der Waals surface area contributed by atoms with Crippen LogP contribution in [0.5, 0.6) is 11.9 Å². The molecule has 0 aliphatic carbocycles. The molecule has 2 rings (SSSR count). The van der Waals surface area contributed by atoms with Gasteiger partial charge in [-0.3, -0.25) is 0 Å². The Balaban J connectivity index is 2.83.